The van der Waals surface area contributed by atoms with E-state index in [9.17, 15) is 0 Å². The molecule has 0 radical (unpaired) electrons. The smallest absolute Gasteiger partial charge is 0.0666 e. The molecule has 0 aliphatic rings. The summed E-state index contributed by atoms with van der Waals surface area (Å²) in [6.45, 7) is 10.4. The van der Waals surface area contributed by atoms with Gasteiger partial charge in [0.1, 0.15) is 0 Å². The van der Waals surface area contributed by atoms with Crippen molar-refractivity contribution in [3.8, 4) is 6.07 Å². The van der Waals surface area contributed by atoms with Gasteiger partial charge in [-0.05, 0) is 13.5 Å². The third kappa shape index (κ3) is 4.58. The first kappa shape index (κ1) is 10.2. The van der Waals surface area contributed by atoms with E-state index < -0.39 is 0 Å². The van der Waals surface area contributed by atoms with Crippen LogP contribution in [0.2, 0.25) is 0 Å². The Balaban J connectivity index is 3.69. The molecule has 62 valence electrons. The van der Waals surface area contributed by atoms with E-state index in [1.165, 1.54) is 0 Å². The molecule has 0 aromatic carbocycles. The molecule has 0 amide bonds. The van der Waals surface area contributed by atoms with Gasteiger partial charge in [0.25, 0.3) is 0 Å². The standard InChI is InChI=1S/C9H16N2/c1-4-6-11(5-2)8-9(3)7-10/h4,9H,1,5-6,8H2,2-3H3. The second kappa shape index (κ2) is 5.94. The van der Waals surface area contributed by atoms with Crippen LogP contribution in [-0.2, 0) is 0 Å². The van der Waals surface area contributed by atoms with Crippen LogP contribution in [0, 0.1) is 17.2 Å². The second-order valence-electron chi connectivity index (χ2n) is 2.67. The van der Waals surface area contributed by atoms with Crippen LogP contribution in [0.1, 0.15) is 13.8 Å². The molecule has 2 nitrogen and oxygen atoms in total. The fourth-order valence-electron chi connectivity index (χ4n) is 0.943. The van der Waals surface area contributed by atoms with Crippen molar-refractivity contribution in [3.05, 3.63) is 12.7 Å². The van der Waals surface area contributed by atoms with Crippen molar-refractivity contribution in [2.45, 2.75) is 13.8 Å². The van der Waals surface area contributed by atoms with Crippen molar-refractivity contribution in [2.75, 3.05) is 19.6 Å². The van der Waals surface area contributed by atoms with E-state index in [0.717, 1.165) is 19.6 Å². The van der Waals surface area contributed by atoms with Crippen LogP contribution in [0.5, 0.6) is 0 Å². The fraction of sp³-hybridized carbons (Fsp3) is 0.667. The Bertz CT molecular complexity index is 146. The highest BCUT2D eigenvalue weighted by atomic mass is 15.1. The Morgan fingerprint density at radius 1 is 1.73 bits per heavy atom. The first-order valence-corrected chi connectivity index (χ1v) is 3.97. The zero-order chi connectivity index (χ0) is 8.69. The third-order valence-electron chi connectivity index (χ3n) is 1.59. The van der Waals surface area contributed by atoms with E-state index in [1.54, 1.807) is 0 Å². The minimum Gasteiger partial charge on any atom is -0.299 e. The summed E-state index contributed by atoms with van der Waals surface area (Å²) < 4.78 is 0. The van der Waals surface area contributed by atoms with Crippen molar-refractivity contribution < 1.29 is 0 Å². The van der Waals surface area contributed by atoms with Crippen LogP contribution < -0.4 is 0 Å². The van der Waals surface area contributed by atoms with Crippen LogP contribution in [0.3, 0.4) is 0 Å². The lowest BCUT2D eigenvalue weighted by Gasteiger charge is -2.18. The molecule has 0 N–H and O–H groups in total. The lowest BCUT2D eigenvalue weighted by molar-refractivity contribution is 0.296. The van der Waals surface area contributed by atoms with Crippen molar-refractivity contribution in [1.82, 2.24) is 4.90 Å². The average molecular weight is 152 g/mol. The van der Waals surface area contributed by atoms with Gasteiger partial charge in [-0.1, -0.05) is 13.0 Å². The highest BCUT2D eigenvalue weighted by molar-refractivity contribution is 4.83. The van der Waals surface area contributed by atoms with Gasteiger partial charge in [0.05, 0.1) is 12.0 Å². The number of nitrogens with zero attached hydrogens (tertiary/aromatic N) is 2. The molecule has 0 saturated heterocycles. The Hall–Kier alpha value is -0.810. The molecule has 0 spiro atoms. The molecule has 0 rings (SSSR count). The van der Waals surface area contributed by atoms with E-state index in [4.69, 9.17) is 5.26 Å². The number of rotatable bonds is 5. The molecule has 11 heavy (non-hydrogen) atoms. The first-order chi connectivity index (χ1) is 5.24. The average Bonchev–Trinajstić information content (AvgIpc) is 2.03. The Labute approximate surface area is 69.1 Å². The molecule has 0 aromatic rings. The molecule has 0 bridgehead atoms. The fourth-order valence-corrected chi connectivity index (χ4v) is 0.943. The molecule has 0 fully saturated rings. The quantitative estimate of drug-likeness (QED) is 0.560. The lowest BCUT2D eigenvalue weighted by Crippen LogP contribution is -2.27. The van der Waals surface area contributed by atoms with Crippen molar-refractivity contribution in [3.63, 3.8) is 0 Å². The van der Waals surface area contributed by atoms with Gasteiger partial charge in [-0.25, -0.2) is 0 Å². The van der Waals surface area contributed by atoms with Crippen molar-refractivity contribution >= 4 is 0 Å². The summed E-state index contributed by atoms with van der Waals surface area (Å²) in [6, 6.07) is 2.21. The van der Waals surface area contributed by atoms with Gasteiger partial charge >= 0.3 is 0 Å². The van der Waals surface area contributed by atoms with E-state index in [1.807, 2.05) is 13.0 Å². The van der Waals surface area contributed by atoms with Gasteiger partial charge in [-0.15, -0.1) is 6.58 Å². The van der Waals surface area contributed by atoms with Gasteiger partial charge in [0.15, 0.2) is 0 Å². The van der Waals surface area contributed by atoms with E-state index in [-0.39, 0.29) is 5.92 Å². The number of hydrogen-bond donors (Lipinski definition) is 0. The zero-order valence-corrected chi connectivity index (χ0v) is 7.38. The van der Waals surface area contributed by atoms with Crippen molar-refractivity contribution in [2.24, 2.45) is 5.92 Å². The van der Waals surface area contributed by atoms with Gasteiger partial charge in [-0.3, -0.25) is 4.90 Å². The number of nitriles is 1. The van der Waals surface area contributed by atoms with Crippen LogP contribution in [0.4, 0.5) is 0 Å². The SMILES string of the molecule is C=CCN(CC)CC(C)C#N. The molecule has 0 aromatic heterocycles. The normalized spacial score (nSPS) is 12.5. The predicted octanol–water partition coefficient (Wildman–Crippen LogP) is 1.65. The summed E-state index contributed by atoms with van der Waals surface area (Å²) in [5, 5.41) is 8.54. The molecular weight excluding hydrogens is 136 g/mol. The van der Waals surface area contributed by atoms with Crippen LogP contribution >= 0.6 is 0 Å². The minimum atomic E-state index is 0.120. The first-order valence-electron chi connectivity index (χ1n) is 3.97. The molecule has 0 aliphatic heterocycles. The van der Waals surface area contributed by atoms with E-state index >= 15 is 0 Å². The summed E-state index contributed by atoms with van der Waals surface area (Å²) in [5.41, 5.74) is 0. The molecule has 2 heteroatoms. The largest absolute Gasteiger partial charge is 0.299 e. The highest BCUT2D eigenvalue weighted by Crippen LogP contribution is 1.97. The predicted molar refractivity (Wildman–Crippen MR) is 47.1 cm³/mol. The van der Waals surface area contributed by atoms with Gasteiger partial charge in [-0.2, -0.15) is 5.26 Å². The zero-order valence-electron chi connectivity index (χ0n) is 7.38. The molecule has 0 saturated carbocycles. The molecule has 1 unspecified atom stereocenters. The maximum absolute atomic E-state index is 8.54. The highest BCUT2D eigenvalue weighted by Gasteiger charge is 2.04. The Morgan fingerprint density at radius 2 is 2.36 bits per heavy atom. The maximum Gasteiger partial charge on any atom is 0.0666 e. The molecular formula is C9H16N2. The molecule has 0 heterocycles. The van der Waals surface area contributed by atoms with E-state index in [0.29, 0.717) is 0 Å². The summed E-state index contributed by atoms with van der Waals surface area (Å²) in [5.74, 6) is 0.120. The van der Waals surface area contributed by atoms with Gasteiger partial charge < -0.3 is 0 Å². The third-order valence-corrected chi connectivity index (χ3v) is 1.59. The van der Waals surface area contributed by atoms with Crippen molar-refractivity contribution in [1.29, 1.82) is 5.26 Å². The minimum absolute atomic E-state index is 0.120. The summed E-state index contributed by atoms with van der Waals surface area (Å²) in [4.78, 5) is 2.20. The number of likely N-dealkylation sites (N-methyl/N-ethyl adjacent to an activating group) is 1. The lowest BCUT2D eigenvalue weighted by atomic mass is 10.2. The maximum atomic E-state index is 8.54. The van der Waals surface area contributed by atoms with Crippen LogP contribution in [0.25, 0.3) is 0 Å². The van der Waals surface area contributed by atoms with Gasteiger partial charge in [0.2, 0.25) is 0 Å². The van der Waals surface area contributed by atoms with Gasteiger partial charge in [0, 0.05) is 13.1 Å². The Kier molecular flexibility index (Phi) is 5.50. The monoisotopic (exact) mass is 152 g/mol. The summed E-state index contributed by atoms with van der Waals surface area (Å²) in [6.07, 6.45) is 1.87. The van der Waals surface area contributed by atoms with E-state index in [2.05, 4.69) is 24.5 Å². The molecule has 0 aliphatic carbocycles. The Morgan fingerprint density at radius 3 is 2.73 bits per heavy atom. The van der Waals surface area contributed by atoms with Crippen LogP contribution in [-0.4, -0.2) is 24.5 Å². The topological polar surface area (TPSA) is 27.0 Å². The number of hydrogen-bond acceptors (Lipinski definition) is 2. The van der Waals surface area contributed by atoms with Crippen LogP contribution in [0.15, 0.2) is 12.7 Å². The summed E-state index contributed by atoms with van der Waals surface area (Å²) in [7, 11) is 0. The molecule has 1 atom stereocenters. The second-order valence-corrected chi connectivity index (χ2v) is 2.67. The summed E-state index contributed by atoms with van der Waals surface area (Å²) >= 11 is 0.